The summed E-state index contributed by atoms with van der Waals surface area (Å²) in [5.41, 5.74) is 0. The fourth-order valence-corrected chi connectivity index (χ4v) is 2.96. The molecule has 2 heteroatoms. The second-order valence-corrected chi connectivity index (χ2v) is 4.28. The SMILES string of the molecule is CN(C)C1C2CCC(C2)C1O. The molecule has 2 bridgehead atoms. The molecule has 0 spiro atoms. The molecule has 4 unspecified atom stereocenters. The molecule has 0 aromatic carbocycles. The van der Waals surface area contributed by atoms with E-state index in [9.17, 15) is 5.11 Å². The first kappa shape index (κ1) is 7.56. The maximum absolute atomic E-state index is 9.81. The number of aliphatic hydroxyl groups excluding tert-OH is 1. The summed E-state index contributed by atoms with van der Waals surface area (Å²) < 4.78 is 0. The average Bonchev–Trinajstić information content (AvgIpc) is 2.44. The summed E-state index contributed by atoms with van der Waals surface area (Å²) in [4.78, 5) is 2.19. The van der Waals surface area contributed by atoms with Crippen LogP contribution in [0.25, 0.3) is 0 Å². The van der Waals surface area contributed by atoms with Gasteiger partial charge in [-0.05, 0) is 45.2 Å². The van der Waals surface area contributed by atoms with Gasteiger partial charge in [-0.25, -0.2) is 0 Å². The lowest BCUT2D eigenvalue weighted by Gasteiger charge is -2.32. The molecule has 0 saturated heterocycles. The maximum atomic E-state index is 9.81. The first-order chi connectivity index (χ1) is 5.20. The molecule has 0 radical (unpaired) electrons. The van der Waals surface area contributed by atoms with Gasteiger partial charge in [0.05, 0.1) is 6.10 Å². The van der Waals surface area contributed by atoms with Gasteiger partial charge in [-0.1, -0.05) is 0 Å². The molecular weight excluding hydrogens is 138 g/mol. The minimum Gasteiger partial charge on any atom is -0.391 e. The quantitative estimate of drug-likeness (QED) is 0.602. The second-order valence-electron chi connectivity index (χ2n) is 4.28. The molecule has 0 aromatic rings. The van der Waals surface area contributed by atoms with Gasteiger partial charge in [0, 0.05) is 6.04 Å². The Labute approximate surface area is 68.2 Å². The van der Waals surface area contributed by atoms with Gasteiger partial charge in [0.1, 0.15) is 0 Å². The van der Waals surface area contributed by atoms with Crippen LogP contribution in [0, 0.1) is 11.8 Å². The predicted octanol–water partition coefficient (Wildman–Crippen LogP) is 0.707. The van der Waals surface area contributed by atoms with Crippen LogP contribution in [0.1, 0.15) is 19.3 Å². The highest BCUT2D eigenvalue weighted by Gasteiger charge is 2.47. The molecule has 11 heavy (non-hydrogen) atoms. The number of hydrogen-bond acceptors (Lipinski definition) is 2. The van der Waals surface area contributed by atoms with Crippen LogP contribution in [0.5, 0.6) is 0 Å². The molecule has 0 amide bonds. The van der Waals surface area contributed by atoms with Crippen LogP contribution in [-0.2, 0) is 0 Å². The summed E-state index contributed by atoms with van der Waals surface area (Å²) in [5, 5.41) is 9.81. The smallest absolute Gasteiger partial charge is 0.0726 e. The van der Waals surface area contributed by atoms with Gasteiger partial charge in [0.15, 0.2) is 0 Å². The maximum Gasteiger partial charge on any atom is 0.0726 e. The van der Waals surface area contributed by atoms with E-state index < -0.39 is 0 Å². The number of nitrogens with zero attached hydrogens (tertiary/aromatic N) is 1. The second kappa shape index (κ2) is 2.46. The minimum absolute atomic E-state index is 0.0382. The number of rotatable bonds is 1. The van der Waals surface area contributed by atoms with E-state index in [1.165, 1.54) is 19.3 Å². The molecule has 4 atom stereocenters. The standard InChI is InChI=1S/C9H17NO/c1-10(2)8-6-3-4-7(5-6)9(8)11/h6-9,11H,3-5H2,1-2H3. The Balaban J connectivity index is 2.11. The van der Waals surface area contributed by atoms with E-state index >= 15 is 0 Å². The highest BCUT2D eigenvalue weighted by Crippen LogP contribution is 2.46. The molecule has 1 N–H and O–H groups in total. The van der Waals surface area contributed by atoms with Gasteiger partial charge in [0.25, 0.3) is 0 Å². The molecule has 0 heterocycles. The first-order valence-corrected chi connectivity index (χ1v) is 4.54. The summed E-state index contributed by atoms with van der Waals surface area (Å²) in [6, 6.07) is 0.453. The van der Waals surface area contributed by atoms with Crippen molar-refractivity contribution in [2.45, 2.75) is 31.4 Å². The van der Waals surface area contributed by atoms with E-state index in [4.69, 9.17) is 0 Å². The van der Waals surface area contributed by atoms with Gasteiger partial charge in [-0.3, -0.25) is 0 Å². The van der Waals surface area contributed by atoms with Crippen LogP contribution in [0.4, 0.5) is 0 Å². The zero-order valence-electron chi connectivity index (χ0n) is 7.33. The van der Waals surface area contributed by atoms with E-state index in [0.29, 0.717) is 12.0 Å². The van der Waals surface area contributed by atoms with Gasteiger partial charge in [-0.2, -0.15) is 0 Å². The van der Waals surface area contributed by atoms with Crippen molar-refractivity contribution in [3.63, 3.8) is 0 Å². The summed E-state index contributed by atoms with van der Waals surface area (Å²) in [7, 11) is 4.16. The fourth-order valence-electron chi connectivity index (χ4n) is 2.96. The summed E-state index contributed by atoms with van der Waals surface area (Å²) in [5.74, 6) is 1.40. The molecular formula is C9H17NO. The van der Waals surface area contributed by atoms with Gasteiger partial charge < -0.3 is 10.0 Å². The Bertz CT molecular complexity index is 156. The highest BCUT2D eigenvalue weighted by atomic mass is 16.3. The Kier molecular flexibility index (Phi) is 1.69. The third-order valence-electron chi connectivity index (χ3n) is 3.43. The first-order valence-electron chi connectivity index (χ1n) is 4.54. The predicted molar refractivity (Wildman–Crippen MR) is 44.3 cm³/mol. The Morgan fingerprint density at radius 3 is 2.18 bits per heavy atom. The lowest BCUT2D eigenvalue weighted by Crippen LogP contribution is -2.43. The zero-order chi connectivity index (χ0) is 8.01. The third-order valence-corrected chi connectivity index (χ3v) is 3.43. The molecule has 2 aliphatic carbocycles. The van der Waals surface area contributed by atoms with Gasteiger partial charge in [-0.15, -0.1) is 0 Å². The van der Waals surface area contributed by atoms with Gasteiger partial charge >= 0.3 is 0 Å². The Morgan fingerprint density at radius 1 is 1.18 bits per heavy atom. The van der Waals surface area contributed by atoms with Crippen molar-refractivity contribution in [3.8, 4) is 0 Å². The van der Waals surface area contributed by atoms with Gasteiger partial charge in [0.2, 0.25) is 0 Å². The largest absolute Gasteiger partial charge is 0.391 e. The number of fused-ring (bicyclic) bond motifs is 2. The van der Waals surface area contributed by atoms with E-state index in [1.54, 1.807) is 0 Å². The molecule has 2 saturated carbocycles. The van der Waals surface area contributed by atoms with Crippen molar-refractivity contribution in [2.75, 3.05) is 14.1 Å². The molecule has 64 valence electrons. The summed E-state index contributed by atoms with van der Waals surface area (Å²) in [6.07, 6.45) is 3.83. The van der Waals surface area contributed by atoms with E-state index in [0.717, 1.165) is 5.92 Å². The summed E-state index contributed by atoms with van der Waals surface area (Å²) in [6.45, 7) is 0. The van der Waals surface area contributed by atoms with Crippen molar-refractivity contribution >= 4 is 0 Å². The highest BCUT2D eigenvalue weighted by molar-refractivity contribution is 5.00. The van der Waals surface area contributed by atoms with E-state index in [2.05, 4.69) is 19.0 Å². The minimum atomic E-state index is -0.0382. The number of hydrogen-bond donors (Lipinski definition) is 1. The topological polar surface area (TPSA) is 23.5 Å². The zero-order valence-corrected chi connectivity index (χ0v) is 7.33. The fraction of sp³-hybridized carbons (Fsp3) is 1.00. The van der Waals surface area contributed by atoms with Crippen molar-refractivity contribution in [2.24, 2.45) is 11.8 Å². The molecule has 2 aliphatic rings. The molecule has 2 rings (SSSR count). The van der Waals surface area contributed by atoms with Crippen LogP contribution in [-0.4, -0.2) is 36.2 Å². The van der Waals surface area contributed by atoms with Crippen LogP contribution in [0.3, 0.4) is 0 Å². The lowest BCUT2D eigenvalue weighted by molar-refractivity contribution is 0.0349. The normalized spacial score (nSPS) is 49.1. The van der Waals surface area contributed by atoms with Crippen LogP contribution in [0.2, 0.25) is 0 Å². The van der Waals surface area contributed by atoms with Crippen molar-refractivity contribution in [3.05, 3.63) is 0 Å². The van der Waals surface area contributed by atoms with Crippen molar-refractivity contribution < 1.29 is 5.11 Å². The monoisotopic (exact) mass is 155 g/mol. The summed E-state index contributed by atoms with van der Waals surface area (Å²) >= 11 is 0. The Morgan fingerprint density at radius 2 is 1.82 bits per heavy atom. The number of aliphatic hydroxyl groups is 1. The average molecular weight is 155 g/mol. The van der Waals surface area contributed by atoms with Crippen LogP contribution < -0.4 is 0 Å². The Hall–Kier alpha value is -0.0800. The van der Waals surface area contributed by atoms with E-state index in [-0.39, 0.29) is 6.10 Å². The van der Waals surface area contributed by atoms with Crippen LogP contribution >= 0.6 is 0 Å². The molecule has 0 aromatic heterocycles. The lowest BCUT2D eigenvalue weighted by atomic mass is 9.92. The number of likely N-dealkylation sites (N-methyl/N-ethyl adjacent to an activating group) is 1. The van der Waals surface area contributed by atoms with Crippen molar-refractivity contribution in [1.82, 2.24) is 4.90 Å². The molecule has 0 aliphatic heterocycles. The van der Waals surface area contributed by atoms with Crippen molar-refractivity contribution in [1.29, 1.82) is 0 Å². The molecule has 2 fully saturated rings. The van der Waals surface area contributed by atoms with Crippen LogP contribution in [0.15, 0.2) is 0 Å². The molecule has 2 nitrogen and oxygen atoms in total. The third kappa shape index (κ3) is 1.00. The van der Waals surface area contributed by atoms with E-state index in [1.807, 2.05) is 0 Å².